The summed E-state index contributed by atoms with van der Waals surface area (Å²) in [4.78, 5) is 0. The quantitative estimate of drug-likeness (QED) is 0.862. The maximum absolute atomic E-state index is 5.78. The van der Waals surface area contributed by atoms with Crippen molar-refractivity contribution < 1.29 is 0 Å². The fourth-order valence-corrected chi connectivity index (χ4v) is 2.15. The first kappa shape index (κ1) is 10.2. The minimum absolute atomic E-state index is 0.586. The lowest BCUT2D eigenvalue weighted by Gasteiger charge is -2.05. The second kappa shape index (κ2) is 3.70. The highest BCUT2D eigenvalue weighted by molar-refractivity contribution is 9.10. The highest BCUT2D eigenvalue weighted by atomic mass is 79.9. The summed E-state index contributed by atoms with van der Waals surface area (Å²) in [5.74, 6) is 0.586. The standard InChI is InChI=1S/C11H12BrN3/c1-7-10(15(2)14-11(7)13)8-5-3-4-6-9(8)12/h3-6H,1-2H3,(H2,13,14). The van der Waals surface area contributed by atoms with Crippen molar-refractivity contribution in [1.82, 2.24) is 9.78 Å². The van der Waals surface area contributed by atoms with Crippen molar-refractivity contribution in [3.8, 4) is 11.3 Å². The van der Waals surface area contributed by atoms with Crippen LogP contribution in [0.15, 0.2) is 28.7 Å². The first-order valence-corrected chi connectivity index (χ1v) is 5.44. The Balaban J connectivity index is 2.69. The third-order valence-electron chi connectivity index (χ3n) is 2.45. The van der Waals surface area contributed by atoms with Gasteiger partial charge in [0, 0.05) is 22.6 Å². The number of aromatic nitrogens is 2. The highest BCUT2D eigenvalue weighted by Gasteiger charge is 2.13. The third-order valence-corrected chi connectivity index (χ3v) is 3.14. The summed E-state index contributed by atoms with van der Waals surface area (Å²) in [6.45, 7) is 1.98. The fraction of sp³-hybridized carbons (Fsp3) is 0.182. The summed E-state index contributed by atoms with van der Waals surface area (Å²) in [7, 11) is 1.90. The molecule has 0 aliphatic rings. The number of nitrogens with zero attached hydrogens (tertiary/aromatic N) is 2. The van der Waals surface area contributed by atoms with Crippen molar-refractivity contribution in [2.45, 2.75) is 6.92 Å². The predicted octanol–water partition coefficient (Wildman–Crippen LogP) is 2.74. The number of hydrogen-bond acceptors (Lipinski definition) is 2. The molecule has 4 heteroatoms. The van der Waals surface area contributed by atoms with Crippen LogP contribution in [0, 0.1) is 6.92 Å². The van der Waals surface area contributed by atoms with Gasteiger partial charge in [0.15, 0.2) is 0 Å². The number of benzene rings is 1. The fourth-order valence-electron chi connectivity index (χ4n) is 1.68. The number of rotatable bonds is 1. The van der Waals surface area contributed by atoms with Gasteiger partial charge in [0.2, 0.25) is 0 Å². The molecule has 15 heavy (non-hydrogen) atoms. The van der Waals surface area contributed by atoms with Crippen molar-refractivity contribution in [3.05, 3.63) is 34.3 Å². The number of halogens is 1. The van der Waals surface area contributed by atoms with E-state index in [1.165, 1.54) is 0 Å². The Hall–Kier alpha value is -1.29. The molecular formula is C11H12BrN3. The maximum Gasteiger partial charge on any atom is 0.148 e. The molecule has 2 rings (SSSR count). The van der Waals surface area contributed by atoms with Gasteiger partial charge < -0.3 is 5.73 Å². The van der Waals surface area contributed by atoms with E-state index in [-0.39, 0.29) is 0 Å². The van der Waals surface area contributed by atoms with Crippen molar-refractivity contribution in [2.75, 3.05) is 5.73 Å². The molecule has 0 bridgehead atoms. The van der Waals surface area contributed by atoms with Crippen LogP contribution in [-0.2, 0) is 7.05 Å². The van der Waals surface area contributed by atoms with Gasteiger partial charge in [0.1, 0.15) is 5.82 Å². The molecule has 3 nitrogen and oxygen atoms in total. The number of hydrogen-bond donors (Lipinski definition) is 1. The van der Waals surface area contributed by atoms with E-state index in [0.717, 1.165) is 21.3 Å². The lowest BCUT2D eigenvalue weighted by atomic mass is 10.1. The zero-order valence-corrected chi connectivity index (χ0v) is 10.2. The van der Waals surface area contributed by atoms with Crippen LogP contribution in [-0.4, -0.2) is 9.78 Å². The molecule has 0 aliphatic carbocycles. The van der Waals surface area contributed by atoms with E-state index in [1.54, 1.807) is 0 Å². The second-order valence-electron chi connectivity index (χ2n) is 3.46. The number of anilines is 1. The minimum Gasteiger partial charge on any atom is -0.382 e. The summed E-state index contributed by atoms with van der Waals surface area (Å²) in [6, 6.07) is 8.05. The van der Waals surface area contributed by atoms with Crippen LogP contribution in [0.2, 0.25) is 0 Å². The van der Waals surface area contributed by atoms with Crippen molar-refractivity contribution in [3.63, 3.8) is 0 Å². The minimum atomic E-state index is 0.586. The van der Waals surface area contributed by atoms with Crippen LogP contribution in [0.25, 0.3) is 11.3 Å². The molecule has 1 aromatic carbocycles. The van der Waals surface area contributed by atoms with Gasteiger partial charge in [0.25, 0.3) is 0 Å². The van der Waals surface area contributed by atoms with Gasteiger partial charge >= 0.3 is 0 Å². The molecule has 0 radical (unpaired) electrons. The van der Waals surface area contributed by atoms with E-state index in [1.807, 2.05) is 42.9 Å². The van der Waals surface area contributed by atoms with Gasteiger partial charge in [-0.15, -0.1) is 0 Å². The van der Waals surface area contributed by atoms with E-state index >= 15 is 0 Å². The van der Waals surface area contributed by atoms with Crippen LogP contribution >= 0.6 is 15.9 Å². The zero-order chi connectivity index (χ0) is 11.0. The summed E-state index contributed by atoms with van der Waals surface area (Å²) in [5.41, 5.74) is 8.97. The van der Waals surface area contributed by atoms with Gasteiger partial charge in [-0.2, -0.15) is 5.10 Å². The van der Waals surface area contributed by atoms with E-state index in [0.29, 0.717) is 5.82 Å². The Morgan fingerprint density at radius 3 is 2.53 bits per heavy atom. The average molecular weight is 266 g/mol. The third kappa shape index (κ3) is 1.65. The molecule has 0 aliphatic heterocycles. The number of nitrogens with two attached hydrogens (primary N) is 1. The molecule has 0 spiro atoms. The van der Waals surface area contributed by atoms with Gasteiger partial charge in [-0.25, -0.2) is 0 Å². The molecule has 2 aromatic rings. The van der Waals surface area contributed by atoms with Crippen LogP contribution < -0.4 is 5.73 Å². The van der Waals surface area contributed by atoms with E-state index in [4.69, 9.17) is 5.73 Å². The number of aryl methyl sites for hydroxylation is 1. The second-order valence-corrected chi connectivity index (χ2v) is 4.32. The SMILES string of the molecule is Cc1c(N)nn(C)c1-c1ccccc1Br. The summed E-state index contributed by atoms with van der Waals surface area (Å²) in [6.07, 6.45) is 0. The van der Waals surface area contributed by atoms with Crippen LogP contribution in [0.1, 0.15) is 5.56 Å². The average Bonchev–Trinajstić information content (AvgIpc) is 2.43. The largest absolute Gasteiger partial charge is 0.382 e. The lowest BCUT2D eigenvalue weighted by molar-refractivity contribution is 0.779. The van der Waals surface area contributed by atoms with Crippen molar-refractivity contribution >= 4 is 21.7 Å². The Labute approximate surface area is 97.0 Å². The van der Waals surface area contributed by atoms with Crippen LogP contribution in [0.5, 0.6) is 0 Å². The molecule has 0 fully saturated rings. The van der Waals surface area contributed by atoms with Crippen molar-refractivity contribution in [1.29, 1.82) is 0 Å². The van der Waals surface area contributed by atoms with Crippen molar-refractivity contribution in [2.24, 2.45) is 7.05 Å². The predicted molar refractivity (Wildman–Crippen MR) is 65.5 cm³/mol. The molecule has 1 heterocycles. The van der Waals surface area contributed by atoms with Gasteiger partial charge in [-0.05, 0) is 13.0 Å². The lowest BCUT2D eigenvalue weighted by Crippen LogP contribution is -1.95. The molecule has 1 aromatic heterocycles. The van der Waals surface area contributed by atoms with Gasteiger partial charge in [-0.3, -0.25) is 4.68 Å². The molecule has 0 amide bonds. The van der Waals surface area contributed by atoms with Crippen LogP contribution in [0.3, 0.4) is 0 Å². The Kier molecular flexibility index (Phi) is 2.52. The Bertz CT molecular complexity index is 503. The highest BCUT2D eigenvalue weighted by Crippen LogP contribution is 2.31. The smallest absolute Gasteiger partial charge is 0.148 e. The first-order chi connectivity index (χ1) is 7.11. The molecular weight excluding hydrogens is 254 g/mol. The first-order valence-electron chi connectivity index (χ1n) is 4.65. The topological polar surface area (TPSA) is 43.8 Å². The van der Waals surface area contributed by atoms with Gasteiger partial charge in [-0.1, -0.05) is 34.1 Å². The molecule has 0 saturated carbocycles. The van der Waals surface area contributed by atoms with E-state index in [9.17, 15) is 0 Å². The van der Waals surface area contributed by atoms with Gasteiger partial charge in [0.05, 0.1) is 5.69 Å². The molecule has 0 saturated heterocycles. The van der Waals surface area contributed by atoms with Crippen LogP contribution in [0.4, 0.5) is 5.82 Å². The number of nitrogen functional groups attached to an aromatic ring is 1. The normalized spacial score (nSPS) is 10.6. The zero-order valence-electron chi connectivity index (χ0n) is 8.66. The Morgan fingerprint density at radius 1 is 1.33 bits per heavy atom. The van der Waals surface area contributed by atoms with E-state index < -0.39 is 0 Å². The molecule has 0 unspecified atom stereocenters. The molecule has 2 N–H and O–H groups in total. The monoisotopic (exact) mass is 265 g/mol. The Morgan fingerprint density at radius 2 is 2.00 bits per heavy atom. The molecule has 0 atom stereocenters. The summed E-state index contributed by atoms with van der Waals surface area (Å²) < 4.78 is 2.86. The summed E-state index contributed by atoms with van der Waals surface area (Å²) >= 11 is 3.53. The summed E-state index contributed by atoms with van der Waals surface area (Å²) in [5, 5.41) is 4.20. The maximum atomic E-state index is 5.78. The molecule has 78 valence electrons. The van der Waals surface area contributed by atoms with E-state index in [2.05, 4.69) is 21.0 Å².